The Hall–Kier alpha value is -1.31. The second kappa shape index (κ2) is 10.4. The van der Waals surface area contributed by atoms with E-state index in [1.54, 1.807) is 4.90 Å². The zero-order valence-electron chi connectivity index (χ0n) is 12.9. The van der Waals surface area contributed by atoms with Gasteiger partial charge in [0, 0.05) is 25.2 Å². The van der Waals surface area contributed by atoms with Crippen LogP contribution in [0.4, 0.5) is 5.69 Å². The van der Waals surface area contributed by atoms with Crippen LogP contribution in [0.3, 0.4) is 0 Å². The van der Waals surface area contributed by atoms with Crippen molar-refractivity contribution in [3.63, 3.8) is 0 Å². The van der Waals surface area contributed by atoms with Gasteiger partial charge in [0.15, 0.2) is 5.96 Å². The number of carbonyl (C=O) groups is 1. The third-order valence-corrected chi connectivity index (χ3v) is 3.01. The number of nitrogens with two attached hydrogens (primary N) is 1. The first-order chi connectivity index (χ1) is 9.56. The van der Waals surface area contributed by atoms with Crippen LogP contribution in [-0.2, 0) is 4.79 Å². The lowest BCUT2D eigenvalue weighted by molar-refractivity contribution is -0.130. The van der Waals surface area contributed by atoms with E-state index in [4.69, 9.17) is 5.73 Å². The van der Waals surface area contributed by atoms with Gasteiger partial charge in [0.05, 0.1) is 6.54 Å². The van der Waals surface area contributed by atoms with Crippen LogP contribution < -0.4 is 11.1 Å². The van der Waals surface area contributed by atoms with E-state index in [-0.39, 0.29) is 29.9 Å². The number of anilines is 1. The number of rotatable bonds is 6. The second-order valence-electron chi connectivity index (χ2n) is 4.58. The largest absolute Gasteiger partial charge is 0.370 e. The summed E-state index contributed by atoms with van der Waals surface area (Å²) in [5.74, 6) is 0.449. The fourth-order valence-corrected chi connectivity index (χ4v) is 1.92. The molecular formula is C15H25IN4O. The molecule has 0 aliphatic heterocycles. The van der Waals surface area contributed by atoms with E-state index in [1.807, 2.05) is 45.0 Å². The monoisotopic (exact) mass is 404 g/mol. The van der Waals surface area contributed by atoms with Gasteiger partial charge in [-0.3, -0.25) is 9.79 Å². The average Bonchev–Trinajstić information content (AvgIpc) is 2.40. The van der Waals surface area contributed by atoms with E-state index in [9.17, 15) is 4.79 Å². The number of hydrogen-bond acceptors (Lipinski definition) is 2. The number of amides is 1. The zero-order valence-corrected chi connectivity index (χ0v) is 15.3. The Bertz CT molecular complexity index is 472. The minimum Gasteiger partial charge on any atom is -0.370 e. The Morgan fingerprint density at radius 2 is 2.00 bits per heavy atom. The van der Waals surface area contributed by atoms with Crippen LogP contribution in [0, 0.1) is 6.92 Å². The first-order valence-electron chi connectivity index (χ1n) is 6.98. The van der Waals surface area contributed by atoms with Crippen molar-refractivity contribution < 1.29 is 4.79 Å². The molecule has 1 aromatic rings. The number of guanidine groups is 1. The van der Waals surface area contributed by atoms with Crippen LogP contribution in [0.2, 0.25) is 0 Å². The predicted octanol–water partition coefficient (Wildman–Crippen LogP) is 2.60. The lowest BCUT2D eigenvalue weighted by Crippen LogP contribution is -2.31. The smallest absolute Gasteiger partial charge is 0.224 e. The fraction of sp³-hybridized carbons (Fsp3) is 0.467. The number of benzene rings is 1. The van der Waals surface area contributed by atoms with Crippen LogP contribution in [0.5, 0.6) is 0 Å². The number of aliphatic imine (C=N–C) groups is 1. The molecule has 0 atom stereocenters. The van der Waals surface area contributed by atoms with Crippen molar-refractivity contribution in [2.75, 3.05) is 25.0 Å². The first kappa shape index (κ1) is 19.7. The van der Waals surface area contributed by atoms with E-state index in [2.05, 4.69) is 10.3 Å². The maximum atomic E-state index is 11.8. The molecule has 0 fully saturated rings. The molecule has 118 valence electrons. The Labute approximate surface area is 144 Å². The minimum atomic E-state index is 0. The molecule has 0 aliphatic carbocycles. The molecule has 5 nitrogen and oxygen atoms in total. The van der Waals surface area contributed by atoms with Crippen LogP contribution in [0.15, 0.2) is 29.3 Å². The van der Waals surface area contributed by atoms with Gasteiger partial charge >= 0.3 is 0 Å². The normalized spacial score (nSPS) is 10.7. The van der Waals surface area contributed by atoms with Gasteiger partial charge in [-0.1, -0.05) is 12.1 Å². The number of hydrogen-bond donors (Lipinski definition) is 2. The van der Waals surface area contributed by atoms with Gasteiger partial charge in [-0.2, -0.15) is 0 Å². The van der Waals surface area contributed by atoms with Crippen molar-refractivity contribution in [1.82, 2.24) is 4.90 Å². The molecule has 21 heavy (non-hydrogen) atoms. The SMILES string of the molecule is CCN(CC)C(=O)CCN=C(N)Nc1cccc(C)c1.I. The average molecular weight is 404 g/mol. The van der Waals surface area contributed by atoms with Gasteiger partial charge in [0.25, 0.3) is 0 Å². The highest BCUT2D eigenvalue weighted by Gasteiger charge is 2.08. The Morgan fingerprint density at radius 1 is 1.33 bits per heavy atom. The van der Waals surface area contributed by atoms with Gasteiger partial charge in [-0.25, -0.2) is 0 Å². The Balaban J connectivity index is 0.00000400. The van der Waals surface area contributed by atoms with Crippen molar-refractivity contribution in [2.45, 2.75) is 27.2 Å². The summed E-state index contributed by atoms with van der Waals surface area (Å²) in [5, 5.41) is 3.02. The van der Waals surface area contributed by atoms with Crippen molar-refractivity contribution in [3.05, 3.63) is 29.8 Å². The molecule has 0 saturated heterocycles. The van der Waals surface area contributed by atoms with Crippen molar-refractivity contribution in [3.8, 4) is 0 Å². The highest BCUT2D eigenvalue weighted by molar-refractivity contribution is 14.0. The molecule has 1 amide bonds. The summed E-state index contributed by atoms with van der Waals surface area (Å²) in [7, 11) is 0. The molecule has 0 saturated carbocycles. The molecular weight excluding hydrogens is 379 g/mol. The number of halogens is 1. The zero-order chi connectivity index (χ0) is 15.0. The van der Waals surface area contributed by atoms with E-state index in [0.29, 0.717) is 18.9 Å². The summed E-state index contributed by atoms with van der Waals surface area (Å²) in [4.78, 5) is 17.8. The molecule has 0 radical (unpaired) electrons. The van der Waals surface area contributed by atoms with E-state index < -0.39 is 0 Å². The quantitative estimate of drug-likeness (QED) is 0.435. The third kappa shape index (κ3) is 7.31. The number of aryl methyl sites for hydroxylation is 1. The molecule has 1 rings (SSSR count). The van der Waals surface area contributed by atoms with Gasteiger partial charge in [0.2, 0.25) is 5.91 Å². The third-order valence-electron chi connectivity index (χ3n) is 3.01. The lowest BCUT2D eigenvalue weighted by Gasteiger charge is -2.17. The second-order valence-corrected chi connectivity index (χ2v) is 4.58. The first-order valence-corrected chi connectivity index (χ1v) is 6.98. The lowest BCUT2D eigenvalue weighted by atomic mass is 10.2. The van der Waals surface area contributed by atoms with E-state index >= 15 is 0 Å². The Morgan fingerprint density at radius 3 is 2.57 bits per heavy atom. The summed E-state index contributed by atoms with van der Waals surface area (Å²) in [5.41, 5.74) is 7.85. The minimum absolute atomic E-state index is 0. The molecule has 0 heterocycles. The maximum absolute atomic E-state index is 11.8. The highest BCUT2D eigenvalue weighted by Crippen LogP contribution is 2.08. The summed E-state index contributed by atoms with van der Waals surface area (Å²) in [6, 6.07) is 7.88. The molecule has 1 aromatic carbocycles. The summed E-state index contributed by atoms with van der Waals surface area (Å²) < 4.78 is 0. The van der Waals surface area contributed by atoms with Gasteiger partial charge in [-0.15, -0.1) is 24.0 Å². The van der Waals surface area contributed by atoms with Crippen LogP contribution in [0.25, 0.3) is 0 Å². The van der Waals surface area contributed by atoms with Gasteiger partial charge in [0.1, 0.15) is 0 Å². The summed E-state index contributed by atoms with van der Waals surface area (Å²) >= 11 is 0. The standard InChI is InChI=1S/C15H24N4O.HI/c1-4-19(5-2)14(20)9-10-17-15(16)18-13-8-6-7-12(3)11-13;/h6-8,11H,4-5,9-10H2,1-3H3,(H3,16,17,18);1H. The van der Waals surface area contributed by atoms with Crippen LogP contribution in [-0.4, -0.2) is 36.4 Å². The highest BCUT2D eigenvalue weighted by atomic mass is 127. The predicted molar refractivity (Wildman–Crippen MR) is 99.3 cm³/mol. The molecule has 6 heteroatoms. The molecule has 3 N–H and O–H groups in total. The molecule has 0 unspecified atom stereocenters. The van der Waals surface area contributed by atoms with Gasteiger partial charge in [-0.05, 0) is 38.5 Å². The van der Waals surface area contributed by atoms with Crippen molar-refractivity contribution >= 4 is 41.5 Å². The van der Waals surface area contributed by atoms with Gasteiger partial charge < -0.3 is 16.0 Å². The molecule has 0 aliphatic rings. The molecule has 0 spiro atoms. The maximum Gasteiger partial charge on any atom is 0.224 e. The van der Waals surface area contributed by atoms with E-state index in [0.717, 1.165) is 24.3 Å². The number of nitrogens with one attached hydrogen (secondary N) is 1. The summed E-state index contributed by atoms with van der Waals surface area (Å²) in [6.07, 6.45) is 0.387. The van der Waals surface area contributed by atoms with E-state index in [1.165, 1.54) is 0 Å². The molecule has 0 aromatic heterocycles. The van der Waals surface area contributed by atoms with Crippen molar-refractivity contribution in [2.24, 2.45) is 10.7 Å². The topological polar surface area (TPSA) is 70.7 Å². The Kier molecular flexibility index (Phi) is 9.77. The fourth-order valence-electron chi connectivity index (χ4n) is 1.92. The number of carbonyl (C=O) groups excluding carboxylic acids is 1. The summed E-state index contributed by atoms with van der Waals surface area (Å²) in [6.45, 7) is 7.82. The molecule has 0 bridgehead atoms. The van der Waals surface area contributed by atoms with Crippen LogP contribution >= 0.6 is 24.0 Å². The number of nitrogens with zero attached hydrogens (tertiary/aromatic N) is 2. The van der Waals surface area contributed by atoms with Crippen LogP contribution in [0.1, 0.15) is 25.8 Å². The van der Waals surface area contributed by atoms with Crippen molar-refractivity contribution in [1.29, 1.82) is 0 Å².